The Morgan fingerprint density at radius 3 is 0.696 bits per heavy atom. The van der Waals surface area contributed by atoms with Crippen LogP contribution >= 0.6 is 0 Å². The number of ether oxygens (including phenoxy) is 12. The van der Waals surface area contributed by atoms with Crippen LogP contribution in [0.3, 0.4) is 0 Å². The molecule has 69 heavy (non-hydrogen) atoms. The second kappa shape index (κ2) is 22.4. The van der Waals surface area contributed by atoms with Gasteiger partial charge < -0.3 is 56.8 Å². The number of hydrogen-bond acceptors (Lipinski definition) is 23. The monoisotopic (exact) mass is 960 g/mol. The van der Waals surface area contributed by atoms with E-state index in [0.717, 1.165) is 119 Å². The van der Waals surface area contributed by atoms with E-state index in [4.69, 9.17) is 56.8 Å². The van der Waals surface area contributed by atoms with Crippen molar-refractivity contribution in [2.24, 2.45) is 0 Å². The maximum absolute atomic E-state index is 13.5. The summed E-state index contributed by atoms with van der Waals surface area (Å²) in [5.74, 6) is -20.2. The molecule has 4 rings (SSSR count). The van der Waals surface area contributed by atoms with Gasteiger partial charge in [0.05, 0.1) is 22.3 Å². The van der Waals surface area contributed by atoms with Gasteiger partial charge in [-0.25, -0.2) is 0 Å². The first-order valence-electron chi connectivity index (χ1n) is 19.7. The van der Waals surface area contributed by atoms with Crippen molar-refractivity contribution in [1.29, 1.82) is 0 Å². The summed E-state index contributed by atoms with van der Waals surface area (Å²) < 4.78 is 67.0. The molecule has 0 aromatic heterocycles. The lowest BCUT2D eigenvalue weighted by Crippen LogP contribution is -2.15. The molecule has 0 saturated carbocycles. The van der Waals surface area contributed by atoms with Gasteiger partial charge in [0.25, 0.3) is 0 Å². The van der Waals surface area contributed by atoms with Crippen LogP contribution in [0.15, 0.2) is 42.5 Å². The van der Waals surface area contributed by atoms with E-state index < -0.39 is 151 Å². The largest absolute Gasteiger partial charge is 0.449 e. The Morgan fingerprint density at radius 1 is 0.232 bits per heavy atom. The third-order valence-electron chi connectivity index (χ3n) is 7.77. The van der Waals surface area contributed by atoms with Gasteiger partial charge in [-0.2, -0.15) is 0 Å². The molecule has 23 heteroatoms. The van der Waals surface area contributed by atoms with E-state index >= 15 is 0 Å². The molecule has 4 aromatic rings. The quantitative estimate of drug-likeness (QED) is 0.0975. The predicted molar refractivity (Wildman–Crippen MR) is 228 cm³/mol. The molecule has 0 heterocycles. The third kappa shape index (κ3) is 14.4. The van der Waals surface area contributed by atoms with Crippen molar-refractivity contribution in [3.63, 3.8) is 0 Å². The standard InChI is InChI=1S/C46H40O23/c1-19(47)58-30-12-31(59-20(2)48)14-32(13-30)69-46-44(67-28(10)56)41(39-35(62-23(5)51)15-33(60-21(3)49)16-36(39)63-24(6)52)43(66-27(9)55)42(45(46)68-29(11)57)40-37(64-25(7)53)17-34(61-22(4)50)18-38(40)65-26(8)54/h12-18H,1-11H3. The van der Waals surface area contributed by atoms with Crippen molar-refractivity contribution in [3.05, 3.63) is 42.5 Å². The number of rotatable bonds is 15. The molecular weight excluding hydrogens is 920 g/mol. The number of hydrogen-bond donors (Lipinski definition) is 0. The molecular formula is C46H40O23. The van der Waals surface area contributed by atoms with Crippen LogP contribution in [0.5, 0.6) is 74.7 Å². The highest BCUT2D eigenvalue weighted by molar-refractivity contribution is 6.04. The molecule has 0 aliphatic heterocycles. The molecule has 23 nitrogen and oxygen atoms in total. The Morgan fingerprint density at radius 2 is 0.449 bits per heavy atom. The van der Waals surface area contributed by atoms with Crippen LogP contribution in [0.25, 0.3) is 22.3 Å². The lowest BCUT2D eigenvalue weighted by atomic mass is 9.91. The van der Waals surface area contributed by atoms with Crippen molar-refractivity contribution in [2.45, 2.75) is 76.2 Å². The average Bonchev–Trinajstić information content (AvgIpc) is 3.15. The van der Waals surface area contributed by atoms with Gasteiger partial charge in [0, 0.05) is 119 Å². The zero-order valence-corrected chi connectivity index (χ0v) is 38.4. The van der Waals surface area contributed by atoms with Crippen molar-refractivity contribution in [2.75, 3.05) is 0 Å². The van der Waals surface area contributed by atoms with E-state index in [9.17, 15) is 52.7 Å². The third-order valence-corrected chi connectivity index (χ3v) is 7.77. The minimum Gasteiger partial charge on any atom is -0.449 e. The highest BCUT2D eigenvalue weighted by Gasteiger charge is 2.40. The van der Waals surface area contributed by atoms with Crippen LogP contribution in [0.1, 0.15) is 76.2 Å². The van der Waals surface area contributed by atoms with Crippen LogP contribution in [0.4, 0.5) is 0 Å². The Hall–Kier alpha value is -9.15. The van der Waals surface area contributed by atoms with Gasteiger partial charge in [-0.05, 0) is 0 Å². The Labute approximate surface area is 390 Å². The summed E-state index contributed by atoms with van der Waals surface area (Å²) in [6.07, 6.45) is 0. The van der Waals surface area contributed by atoms with E-state index in [2.05, 4.69) is 0 Å². The van der Waals surface area contributed by atoms with Gasteiger partial charge in [0.15, 0.2) is 17.2 Å². The molecule has 0 saturated heterocycles. The zero-order valence-electron chi connectivity index (χ0n) is 38.4. The van der Waals surface area contributed by atoms with Crippen molar-refractivity contribution in [1.82, 2.24) is 0 Å². The van der Waals surface area contributed by atoms with Gasteiger partial charge in [0.1, 0.15) is 51.7 Å². The average molecular weight is 961 g/mol. The molecule has 0 radical (unpaired) electrons. The van der Waals surface area contributed by atoms with Crippen LogP contribution in [-0.2, 0) is 52.7 Å². The van der Waals surface area contributed by atoms with Crippen molar-refractivity contribution >= 4 is 65.7 Å². The smallest absolute Gasteiger partial charge is 0.308 e. The van der Waals surface area contributed by atoms with Gasteiger partial charge in [-0.15, -0.1) is 0 Å². The summed E-state index contributed by atoms with van der Waals surface area (Å²) >= 11 is 0. The fraction of sp³-hybridized carbons (Fsp3) is 0.239. The van der Waals surface area contributed by atoms with E-state index in [-0.39, 0.29) is 11.5 Å². The van der Waals surface area contributed by atoms with Gasteiger partial charge >= 0.3 is 65.7 Å². The zero-order chi connectivity index (χ0) is 51.6. The molecule has 0 spiro atoms. The molecule has 0 unspecified atom stereocenters. The lowest BCUT2D eigenvalue weighted by molar-refractivity contribution is -0.134. The summed E-state index contributed by atoms with van der Waals surface area (Å²) in [5, 5.41) is 0. The predicted octanol–water partition coefficient (Wildman–Crippen LogP) is 5.99. The van der Waals surface area contributed by atoms with Crippen LogP contribution in [0, 0.1) is 0 Å². The van der Waals surface area contributed by atoms with Crippen molar-refractivity contribution < 1.29 is 110 Å². The molecule has 0 aliphatic carbocycles. The Bertz CT molecular complexity index is 2600. The van der Waals surface area contributed by atoms with E-state index in [1.807, 2.05) is 0 Å². The van der Waals surface area contributed by atoms with Crippen LogP contribution in [0.2, 0.25) is 0 Å². The van der Waals surface area contributed by atoms with E-state index in [1.54, 1.807) is 0 Å². The fourth-order valence-corrected chi connectivity index (χ4v) is 6.12. The molecule has 0 aliphatic rings. The van der Waals surface area contributed by atoms with E-state index in [1.165, 1.54) is 0 Å². The number of carbonyl (C=O) groups is 11. The fourth-order valence-electron chi connectivity index (χ4n) is 6.12. The summed E-state index contributed by atoms with van der Waals surface area (Å²) in [6.45, 7) is 10.4. The molecule has 0 bridgehead atoms. The second-order valence-corrected chi connectivity index (χ2v) is 13.9. The summed E-state index contributed by atoms with van der Waals surface area (Å²) in [5.41, 5.74) is -2.94. The molecule has 0 N–H and O–H groups in total. The highest BCUT2D eigenvalue weighted by Crippen LogP contribution is 2.63. The first kappa shape index (κ1) is 52.5. The molecule has 0 amide bonds. The van der Waals surface area contributed by atoms with Gasteiger partial charge in [0.2, 0.25) is 5.75 Å². The first-order valence-corrected chi connectivity index (χ1v) is 19.7. The molecule has 0 fully saturated rings. The van der Waals surface area contributed by atoms with Crippen molar-refractivity contribution in [3.8, 4) is 97.0 Å². The maximum Gasteiger partial charge on any atom is 0.308 e. The number of carbonyl (C=O) groups excluding carboxylic acids is 11. The summed E-state index contributed by atoms with van der Waals surface area (Å²) in [6, 6.07) is 6.88. The normalized spacial score (nSPS) is 10.3. The lowest BCUT2D eigenvalue weighted by Gasteiger charge is -2.27. The Kier molecular flexibility index (Phi) is 17.0. The van der Waals surface area contributed by atoms with Gasteiger partial charge in [-0.1, -0.05) is 0 Å². The van der Waals surface area contributed by atoms with Crippen LogP contribution < -0.4 is 56.8 Å². The Balaban J connectivity index is 2.60. The second-order valence-electron chi connectivity index (χ2n) is 13.9. The molecule has 4 aromatic carbocycles. The maximum atomic E-state index is 13.5. The highest BCUT2D eigenvalue weighted by atomic mass is 16.6. The number of esters is 11. The topological polar surface area (TPSA) is 299 Å². The SMILES string of the molecule is CC(=O)Oc1cc(OC(C)=O)cc(Oc2c(OC(C)=O)c(-c3c(OC(C)=O)cc(OC(C)=O)cc3OC(C)=O)c(OC(C)=O)c(-c3c(OC(C)=O)cc(OC(C)=O)cc3OC(C)=O)c2OC(C)=O)c1. The minimum absolute atomic E-state index is 0.331. The van der Waals surface area contributed by atoms with E-state index in [0.29, 0.717) is 0 Å². The van der Waals surface area contributed by atoms with Crippen LogP contribution in [-0.4, -0.2) is 65.7 Å². The minimum atomic E-state index is -1.23. The first-order chi connectivity index (χ1) is 32.2. The summed E-state index contributed by atoms with van der Waals surface area (Å²) in [4.78, 5) is 141. The number of benzene rings is 4. The molecule has 0 atom stereocenters. The summed E-state index contributed by atoms with van der Waals surface area (Å²) in [7, 11) is 0. The van der Waals surface area contributed by atoms with Gasteiger partial charge in [-0.3, -0.25) is 52.7 Å². The molecule has 362 valence electrons.